The highest BCUT2D eigenvalue weighted by atomic mass is 15.2. The summed E-state index contributed by atoms with van der Waals surface area (Å²) in [6.45, 7) is 10.9. The number of piperazine rings is 1. The summed E-state index contributed by atoms with van der Waals surface area (Å²) in [5, 5.41) is 3.77. The third kappa shape index (κ3) is 4.55. The Morgan fingerprint density at radius 3 is 2.61 bits per heavy atom. The Bertz CT molecular complexity index is 235. The molecule has 18 heavy (non-hydrogen) atoms. The van der Waals surface area contributed by atoms with Crippen LogP contribution in [0.15, 0.2) is 0 Å². The first-order chi connectivity index (χ1) is 8.69. The molecule has 0 aromatic carbocycles. The van der Waals surface area contributed by atoms with Crippen molar-refractivity contribution in [1.82, 2.24) is 10.2 Å². The molecule has 1 saturated carbocycles. The van der Waals surface area contributed by atoms with Crippen molar-refractivity contribution in [3.63, 3.8) is 0 Å². The lowest BCUT2D eigenvalue weighted by Crippen LogP contribution is -2.56. The summed E-state index contributed by atoms with van der Waals surface area (Å²) in [5.41, 5.74) is 0. The Labute approximate surface area is 114 Å². The van der Waals surface area contributed by atoms with Crippen LogP contribution in [0.1, 0.15) is 59.3 Å². The lowest BCUT2D eigenvalue weighted by atomic mass is 9.97. The molecule has 1 aliphatic heterocycles. The van der Waals surface area contributed by atoms with Crippen LogP contribution in [0.2, 0.25) is 0 Å². The topological polar surface area (TPSA) is 15.3 Å². The number of hydrogen-bond acceptors (Lipinski definition) is 2. The van der Waals surface area contributed by atoms with Gasteiger partial charge in [0.15, 0.2) is 0 Å². The van der Waals surface area contributed by atoms with Crippen LogP contribution in [-0.4, -0.2) is 36.6 Å². The fraction of sp³-hybridized carbons (Fsp3) is 1.00. The van der Waals surface area contributed by atoms with E-state index in [0.29, 0.717) is 0 Å². The van der Waals surface area contributed by atoms with Crippen molar-refractivity contribution in [2.45, 2.75) is 71.4 Å². The zero-order chi connectivity index (χ0) is 13.0. The van der Waals surface area contributed by atoms with E-state index < -0.39 is 0 Å². The van der Waals surface area contributed by atoms with E-state index in [4.69, 9.17) is 0 Å². The van der Waals surface area contributed by atoms with Gasteiger partial charge in [0.2, 0.25) is 0 Å². The summed E-state index contributed by atoms with van der Waals surface area (Å²) in [6.07, 6.45) is 8.46. The molecule has 1 aliphatic carbocycles. The minimum absolute atomic E-state index is 0.748. The Hall–Kier alpha value is -0.0800. The maximum atomic E-state index is 3.77. The molecule has 0 bridgehead atoms. The van der Waals surface area contributed by atoms with Crippen molar-refractivity contribution in [2.24, 2.45) is 11.8 Å². The minimum atomic E-state index is 0.748. The van der Waals surface area contributed by atoms with Crippen molar-refractivity contribution in [3.8, 4) is 0 Å². The van der Waals surface area contributed by atoms with Crippen LogP contribution in [0.5, 0.6) is 0 Å². The maximum Gasteiger partial charge on any atom is 0.0223 e. The van der Waals surface area contributed by atoms with Crippen molar-refractivity contribution in [2.75, 3.05) is 19.6 Å². The summed E-state index contributed by atoms with van der Waals surface area (Å²) in [6, 6.07) is 1.54. The Kier molecular flexibility index (Phi) is 5.50. The van der Waals surface area contributed by atoms with Gasteiger partial charge in [0, 0.05) is 25.2 Å². The third-order valence-corrected chi connectivity index (χ3v) is 4.52. The molecule has 0 spiro atoms. The van der Waals surface area contributed by atoms with Crippen LogP contribution < -0.4 is 5.32 Å². The Balaban J connectivity index is 1.82. The van der Waals surface area contributed by atoms with Crippen molar-refractivity contribution in [3.05, 3.63) is 0 Å². The molecule has 2 fully saturated rings. The van der Waals surface area contributed by atoms with E-state index in [0.717, 1.165) is 23.9 Å². The third-order valence-electron chi connectivity index (χ3n) is 4.52. The van der Waals surface area contributed by atoms with E-state index >= 15 is 0 Å². The summed E-state index contributed by atoms with van der Waals surface area (Å²) in [7, 11) is 0. The predicted molar refractivity (Wildman–Crippen MR) is 78.9 cm³/mol. The molecule has 0 aromatic heterocycles. The number of hydrogen-bond donors (Lipinski definition) is 1. The van der Waals surface area contributed by atoms with Gasteiger partial charge in [-0.25, -0.2) is 0 Å². The number of nitrogens with zero attached hydrogens (tertiary/aromatic N) is 1. The van der Waals surface area contributed by atoms with Gasteiger partial charge in [-0.3, -0.25) is 4.90 Å². The molecule has 1 heterocycles. The number of rotatable bonds is 7. The van der Waals surface area contributed by atoms with Gasteiger partial charge in [0.05, 0.1) is 0 Å². The molecular formula is C16H32N2. The second-order valence-corrected chi connectivity index (χ2v) is 6.90. The van der Waals surface area contributed by atoms with E-state index in [1.54, 1.807) is 0 Å². The highest BCUT2D eigenvalue weighted by molar-refractivity contribution is 4.87. The van der Waals surface area contributed by atoms with E-state index in [1.807, 2.05) is 0 Å². The largest absolute Gasteiger partial charge is 0.311 e. The smallest absolute Gasteiger partial charge is 0.0223 e. The molecule has 2 aliphatic rings. The molecule has 2 nitrogen and oxygen atoms in total. The second-order valence-electron chi connectivity index (χ2n) is 6.90. The minimum Gasteiger partial charge on any atom is -0.311 e. The van der Waals surface area contributed by atoms with Gasteiger partial charge in [-0.15, -0.1) is 0 Å². The zero-order valence-electron chi connectivity index (χ0n) is 12.6. The van der Waals surface area contributed by atoms with E-state index in [9.17, 15) is 0 Å². The fourth-order valence-corrected chi connectivity index (χ4v) is 3.28. The maximum absolute atomic E-state index is 3.77. The van der Waals surface area contributed by atoms with Gasteiger partial charge in [-0.05, 0) is 37.6 Å². The average Bonchev–Trinajstić information content (AvgIpc) is 3.13. The summed E-state index contributed by atoms with van der Waals surface area (Å²) >= 11 is 0. The quantitative estimate of drug-likeness (QED) is 0.748. The fourth-order valence-electron chi connectivity index (χ4n) is 3.28. The van der Waals surface area contributed by atoms with Crippen LogP contribution in [0.4, 0.5) is 0 Å². The second kappa shape index (κ2) is 6.91. The monoisotopic (exact) mass is 252 g/mol. The molecule has 1 N–H and O–H groups in total. The van der Waals surface area contributed by atoms with E-state index in [2.05, 4.69) is 31.0 Å². The molecule has 106 valence electrons. The molecule has 1 saturated heterocycles. The molecule has 2 atom stereocenters. The molecule has 2 heteroatoms. The van der Waals surface area contributed by atoms with Crippen LogP contribution in [0.3, 0.4) is 0 Å². The normalized spacial score (nSPS) is 30.0. The molecule has 0 aromatic rings. The van der Waals surface area contributed by atoms with Gasteiger partial charge >= 0.3 is 0 Å². The van der Waals surface area contributed by atoms with Gasteiger partial charge in [0.25, 0.3) is 0 Å². The van der Waals surface area contributed by atoms with Gasteiger partial charge in [0.1, 0.15) is 0 Å². The first-order valence-corrected chi connectivity index (χ1v) is 8.16. The van der Waals surface area contributed by atoms with Gasteiger partial charge in [-0.2, -0.15) is 0 Å². The Morgan fingerprint density at radius 1 is 1.22 bits per heavy atom. The Morgan fingerprint density at radius 2 is 2.00 bits per heavy atom. The van der Waals surface area contributed by atoms with Crippen LogP contribution >= 0.6 is 0 Å². The molecule has 0 radical (unpaired) electrons. The molecule has 2 rings (SSSR count). The van der Waals surface area contributed by atoms with Crippen molar-refractivity contribution < 1.29 is 0 Å². The van der Waals surface area contributed by atoms with Crippen LogP contribution in [0, 0.1) is 11.8 Å². The van der Waals surface area contributed by atoms with Crippen LogP contribution in [0.25, 0.3) is 0 Å². The SMILES string of the molecule is CCCC1CN(CCC2CC2)C(CC(C)C)CN1. The molecule has 0 amide bonds. The summed E-state index contributed by atoms with van der Waals surface area (Å²) in [5.74, 6) is 1.90. The van der Waals surface area contributed by atoms with E-state index in [1.165, 1.54) is 58.2 Å². The van der Waals surface area contributed by atoms with Crippen molar-refractivity contribution >= 4 is 0 Å². The lowest BCUT2D eigenvalue weighted by Gasteiger charge is -2.41. The van der Waals surface area contributed by atoms with Crippen molar-refractivity contribution in [1.29, 1.82) is 0 Å². The molecular weight excluding hydrogens is 220 g/mol. The highest BCUT2D eigenvalue weighted by Crippen LogP contribution is 2.33. The highest BCUT2D eigenvalue weighted by Gasteiger charge is 2.29. The molecule has 2 unspecified atom stereocenters. The first kappa shape index (κ1) is 14.3. The summed E-state index contributed by atoms with van der Waals surface area (Å²) in [4.78, 5) is 2.80. The standard InChI is InChI=1S/C16H32N2/c1-4-5-15-12-18(9-8-14-6-7-14)16(11-17-15)10-13(2)3/h13-17H,4-12H2,1-3H3. The predicted octanol–water partition coefficient (Wildman–Crippen LogP) is 3.28. The average molecular weight is 252 g/mol. The number of nitrogens with one attached hydrogen (secondary N) is 1. The first-order valence-electron chi connectivity index (χ1n) is 8.16. The van der Waals surface area contributed by atoms with Gasteiger partial charge < -0.3 is 5.32 Å². The van der Waals surface area contributed by atoms with E-state index in [-0.39, 0.29) is 0 Å². The van der Waals surface area contributed by atoms with Crippen LogP contribution in [-0.2, 0) is 0 Å². The van der Waals surface area contributed by atoms with Gasteiger partial charge in [-0.1, -0.05) is 40.0 Å². The zero-order valence-corrected chi connectivity index (χ0v) is 12.6. The lowest BCUT2D eigenvalue weighted by molar-refractivity contribution is 0.108. The summed E-state index contributed by atoms with van der Waals surface area (Å²) < 4.78 is 0.